The molecule has 3 atom stereocenters. The number of aromatic amines is 1. The van der Waals surface area contributed by atoms with Crippen LogP contribution in [-0.2, 0) is 11.2 Å². The summed E-state index contributed by atoms with van der Waals surface area (Å²) in [5, 5.41) is 17.0. The Balaban J connectivity index is 1.35. The van der Waals surface area contributed by atoms with Crippen LogP contribution in [0.5, 0.6) is 0 Å². The molecule has 5 heterocycles. The second-order valence-electron chi connectivity index (χ2n) is 7.92. The van der Waals surface area contributed by atoms with E-state index in [0.717, 1.165) is 17.7 Å². The number of pyridine rings is 2. The van der Waals surface area contributed by atoms with Crippen molar-refractivity contribution < 1.29 is 9.90 Å². The quantitative estimate of drug-likeness (QED) is 0.660. The number of amides is 1. The zero-order valence-electron chi connectivity index (χ0n) is 16.3. The summed E-state index contributed by atoms with van der Waals surface area (Å²) in [7, 11) is 0. The molecule has 0 radical (unpaired) electrons. The highest BCUT2D eigenvalue weighted by Gasteiger charge is 2.41. The Bertz CT molecular complexity index is 1130. The molecule has 5 rings (SSSR count). The van der Waals surface area contributed by atoms with Gasteiger partial charge in [-0.1, -0.05) is 6.07 Å². The molecule has 3 aromatic heterocycles. The number of hydrogen-bond acceptors (Lipinski definition) is 6. The number of likely N-dealkylation sites (tertiary alicyclic amines) is 1. The predicted molar refractivity (Wildman–Crippen MR) is 108 cm³/mol. The number of carbonyl (C=O) groups excluding carboxylic acids is 1. The molecule has 0 spiro atoms. The first kappa shape index (κ1) is 18.7. The third kappa shape index (κ3) is 3.21. The molecule has 0 aliphatic carbocycles. The molecule has 2 bridgehead atoms. The van der Waals surface area contributed by atoms with Crippen molar-refractivity contribution in [2.75, 3.05) is 19.7 Å². The van der Waals surface area contributed by atoms with E-state index in [1.165, 1.54) is 6.07 Å². The van der Waals surface area contributed by atoms with Crippen LogP contribution in [0.25, 0.3) is 11.4 Å². The summed E-state index contributed by atoms with van der Waals surface area (Å²) in [5.41, 5.74) is 1.64. The Hall–Kier alpha value is -3.33. The van der Waals surface area contributed by atoms with Crippen LogP contribution < -0.4 is 5.56 Å². The van der Waals surface area contributed by atoms with E-state index in [4.69, 9.17) is 0 Å². The molecule has 9 heteroatoms. The Morgan fingerprint density at radius 3 is 2.83 bits per heavy atom. The van der Waals surface area contributed by atoms with Gasteiger partial charge in [0.1, 0.15) is 5.82 Å². The fourth-order valence-corrected chi connectivity index (χ4v) is 4.74. The van der Waals surface area contributed by atoms with Crippen LogP contribution in [-0.4, -0.2) is 60.3 Å². The number of nitrogens with zero attached hydrogens (tertiary/aromatic N) is 5. The van der Waals surface area contributed by atoms with Crippen LogP contribution in [0, 0.1) is 5.92 Å². The minimum atomic E-state index is -0.302. The fraction of sp³-hybridized carbons (Fsp3) is 0.381. The standard InChI is InChI=1S/C21H22N6O3/c28-12-17-15-8-14(16-2-1-3-19(29)27(16)17)10-26(11-15)20(30)9-18-23-21(25-24-18)13-4-6-22-7-5-13/h1-7,14-15,17,28H,8-12H2,(H,23,24,25)/t14-,15+,17+/m1/s1. The van der Waals surface area contributed by atoms with Gasteiger partial charge < -0.3 is 14.6 Å². The van der Waals surface area contributed by atoms with Crippen molar-refractivity contribution in [3.8, 4) is 11.4 Å². The van der Waals surface area contributed by atoms with E-state index in [1.54, 1.807) is 23.0 Å². The normalized spacial score (nSPS) is 22.6. The Morgan fingerprint density at radius 2 is 2.03 bits per heavy atom. The average Bonchev–Trinajstić information content (AvgIpc) is 3.23. The second-order valence-corrected chi connectivity index (χ2v) is 7.92. The van der Waals surface area contributed by atoms with Crippen LogP contribution in [0.15, 0.2) is 47.5 Å². The van der Waals surface area contributed by atoms with Crippen molar-refractivity contribution in [3.63, 3.8) is 0 Å². The first-order valence-corrected chi connectivity index (χ1v) is 10.1. The van der Waals surface area contributed by atoms with E-state index in [0.29, 0.717) is 24.7 Å². The monoisotopic (exact) mass is 406 g/mol. The Morgan fingerprint density at radius 1 is 1.20 bits per heavy atom. The van der Waals surface area contributed by atoms with E-state index < -0.39 is 0 Å². The number of hydrogen-bond donors (Lipinski definition) is 2. The van der Waals surface area contributed by atoms with Crippen LogP contribution in [0.4, 0.5) is 0 Å². The van der Waals surface area contributed by atoms with Gasteiger partial charge in [-0.05, 0) is 24.6 Å². The van der Waals surface area contributed by atoms with Gasteiger partial charge in [0.15, 0.2) is 5.82 Å². The topological polar surface area (TPSA) is 117 Å². The number of piperidine rings is 1. The van der Waals surface area contributed by atoms with Gasteiger partial charge in [-0.15, -0.1) is 0 Å². The molecule has 2 aliphatic rings. The number of aromatic nitrogens is 5. The molecule has 1 amide bonds. The average molecular weight is 406 g/mol. The maximum absolute atomic E-state index is 13.0. The van der Waals surface area contributed by atoms with E-state index in [1.807, 2.05) is 23.1 Å². The number of H-pyrrole nitrogens is 1. The predicted octanol–water partition coefficient (Wildman–Crippen LogP) is 0.750. The number of nitrogens with one attached hydrogen (secondary N) is 1. The summed E-state index contributed by atoms with van der Waals surface area (Å²) in [4.78, 5) is 35.7. The van der Waals surface area contributed by atoms with E-state index in [-0.39, 0.29) is 42.4 Å². The van der Waals surface area contributed by atoms with Crippen LogP contribution in [0.3, 0.4) is 0 Å². The van der Waals surface area contributed by atoms with Crippen LogP contribution in [0.1, 0.15) is 29.9 Å². The Kier molecular flexibility index (Phi) is 4.66. The van der Waals surface area contributed by atoms with Crippen molar-refractivity contribution >= 4 is 5.91 Å². The molecule has 2 N–H and O–H groups in total. The van der Waals surface area contributed by atoms with Crippen LogP contribution in [0.2, 0.25) is 0 Å². The summed E-state index contributed by atoms with van der Waals surface area (Å²) >= 11 is 0. The molecule has 154 valence electrons. The SMILES string of the molecule is O=C(Cc1nc(-c2ccncc2)n[nH]1)N1C[C@H]2C[C@@H](C1)[C@H](CO)n1c2cccc1=O. The van der Waals surface area contributed by atoms with Crippen molar-refractivity contribution in [1.29, 1.82) is 0 Å². The lowest BCUT2D eigenvalue weighted by Crippen LogP contribution is -2.52. The summed E-state index contributed by atoms with van der Waals surface area (Å²) in [6, 6.07) is 8.53. The molecule has 3 aromatic rings. The van der Waals surface area contributed by atoms with Gasteiger partial charge in [-0.2, -0.15) is 5.10 Å². The summed E-state index contributed by atoms with van der Waals surface area (Å²) in [5.74, 6) is 1.15. The van der Waals surface area contributed by atoms with Crippen molar-refractivity contribution in [3.05, 3.63) is 64.6 Å². The molecular weight excluding hydrogens is 384 g/mol. The van der Waals surface area contributed by atoms with Crippen molar-refractivity contribution in [2.45, 2.75) is 24.8 Å². The maximum atomic E-state index is 13.0. The lowest BCUT2D eigenvalue weighted by atomic mass is 9.78. The minimum absolute atomic E-state index is 0.0365. The van der Waals surface area contributed by atoms with Gasteiger partial charge in [-0.3, -0.25) is 19.7 Å². The Labute approximate surface area is 172 Å². The third-order valence-electron chi connectivity index (χ3n) is 6.13. The van der Waals surface area contributed by atoms with Gasteiger partial charge in [-0.25, -0.2) is 4.98 Å². The highest BCUT2D eigenvalue weighted by molar-refractivity contribution is 5.78. The molecule has 2 aliphatic heterocycles. The minimum Gasteiger partial charge on any atom is -0.394 e. The highest BCUT2D eigenvalue weighted by Crippen LogP contribution is 2.40. The lowest BCUT2D eigenvalue weighted by Gasteiger charge is -2.46. The zero-order valence-corrected chi connectivity index (χ0v) is 16.3. The first-order valence-electron chi connectivity index (χ1n) is 10.1. The molecule has 0 saturated carbocycles. The van der Waals surface area contributed by atoms with E-state index in [2.05, 4.69) is 20.2 Å². The van der Waals surface area contributed by atoms with Crippen LogP contribution >= 0.6 is 0 Å². The molecule has 1 saturated heterocycles. The zero-order chi connectivity index (χ0) is 20.7. The number of fused-ring (bicyclic) bond motifs is 4. The lowest BCUT2D eigenvalue weighted by molar-refractivity contribution is -0.134. The van der Waals surface area contributed by atoms with Gasteiger partial charge in [0.05, 0.1) is 19.1 Å². The number of aliphatic hydroxyl groups is 1. The van der Waals surface area contributed by atoms with Gasteiger partial charge in [0.2, 0.25) is 5.91 Å². The number of aliphatic hydroxyl groups excluding tert-OH is 1. The maximum Gasteiger partial charge on any atom is 0.251 e. The van der Waals surface area contributed by atoms with Gasteiger partial charge in [0, 0.05) is 54.6 Å². The fourth-order valence-electron chi connectivity index (χ4n) is 4.74. The van der Waals surface area contributed by atoms with Crippen molar-refractivity contribution in [2.24, 2.45) is 5.92 Å². The second kappa shape index (κ2) is 7.49. The summed E-state index contributed by atoms with van der Waals surface area (Å²) in [6.45, 7) is 0.961. The highest BCUT2D eigenvalue weighted by atomic mass is 16.3. The molecule has 30 heavy (non-hydrogen) atoms. The number of carbonyl (C=O) groups is 1. The summed E-state index contributed by atoms with van der Waals surface area (Å²) < 4.78 is 1.72. The van der Waals surface area contributed by atoms with Gasteiger partial charge >= 0.3 is 0 Å². The van der Waals surface area contributed by atoms with Gasteiger partial charge in [0.25, 0.3) is 5.56 Å². The first-order chi connectivity index (χ1) is 14.6. The van der Waals surface area contributed by atoms with E-state index in [9.17, 15) is 14.7 Å². The largest absolute Gasteiger partial charge is 0.394 e. The van der Waals surface area contributed by atoms with E-state index >= 15 is 0 Å². The third-order valence-corrected chi connectivity index (χ3v) is 6.13. The smallest absolute Gasteiger partial charge is 0.251 e. The number of rotatable bonds is 4. The molecule has 9 nitrogen and oxygen atoms in total. The molecule has 0 unspecified atom stereocenters. The molecular formula is C21H22N6O3. The molecule has 0 aromatic carbocycles. The molecule has 1 fully saturated rings. The summed E-state index contributed by atoms with van der Waals surface area (Å²) in [6.07, 6.45) is 4.34. The van der Waals surface area contributed by atoms with Crippen molar-refractivity contribution in [1.82, 2.24) is 29.6 Å².